The van der Waals surface area contributed by atoms with Crippen molar-refractivity contribution >= 4 is 23.5 Å². The van der Waals surface area contributed by atoms with Gasteiger partial charge in [0.1, 0.15) is 5.82 Å². The Hall–Kier alpha value is -2.28. The van der Waals surface area contributed by atoms with E-state index in [4.69, 9.17) is 5.73 Å². The number of nitrogens with one attached hydrogen (secondary N) is 2. The molecule has 7 heteroatoms. The highest BCUT2D eigenvalue weighted by Gasteiger charge is 2.10. The summed E-state index contributed by atoms with van der Waals surface area (Å²) in [5.74, 6) is 0.157. The Kier molecular flexibility index (Phi) is 4.99. The van der Waals surface area contributed by atoms with E-state index in [1.807, 2.05) is 37.3 Å². The monoisotopic (exact) mass is 304 g/mol. The third kappa shape index (κ3) is 4.64. The molecule has 1 atom stereocenters. The van der Waals surface area contributed by atoms with Crippen molar-refractivity contribution in [1.29, 1.82) is 0 Å². The van der Waals surface area contributed by atoms with Crippen LogP contribution in [-0.2, 0) is 4.79 Å². The Morgan fingerprint density at radius 3 is 2.81 bits per heavy atom. The van der Waals surface area contributed by atoms with Crippen molar-refractivity contribution < 1.29 is 4.79 Å². The molecule has 1 amide bonds. The minimum absolute atomic E-state index is 0.0767. The molecule has 2 rings (SSSR count). The van der Waals surface area contributed by atoms with Crippen LogP contribution >= 0.6 is 11.8 Å². The number of nitrogens with two attached hydrogens (primary N) is 1. The molecular formula is C14H16N4O2S. The van der Waals surface area contributed by atoms with Crippen LogP contribution in [0.4, 0.5) is 5.82 Å². The summed E-state index contributed by atoms with van der Waals surface area (Å²) < 4.78 is 0. The lowest BCUT2D eigenvalue weighted by Crippen LogP contribution is -2.28. The van der Waals surface area contributed by atoms with Gasteiger partial charge in [-0.3, -0.25) is 9.59 Å². The maximum atomic E-state index is 11.9. The summed E-state index contributed by atoms with van der Waals surface area (Å²) in [6.07, 6.45) is 0. The maximum Gasteiger partial charge on any atom is 0.253 e. The number of benzene rings is 1. The van der Waals surface area contributed by atoms with Crippen LogP contribution < -0.4 is 16.6 Å². The van der Waals surface area contributed by atoms with Crippen LogP contribution in [0.5, 0.6) is 0 Å². The number of thioether (sulfide) groups is 1. The molecule has 0 aliphatic rings. The van der Waals surface area contributed by atoms with Crippen LogP contribution in [0.15, 0.2) is 46.3 Å². The van der Waals surface area contributed by atoms with E-state index < -0.39 is 0 Å². The Morgan fingerprint density at radius 2 is 2.14 bits per heavy atom. The standard InChI is InChI=1S/C14H16N4O2S/c1-9(10-5-3-2-4-6-10)16-13(20)8-21-14-17-11(15)7-12(19)18-14/h2-7,9H,8H2,1H3,(H,16,20)(H3,15,17,18,19)/t9-/m0/s1. The molecule has 6 nitrogen and oxygen atoms in total. The van der Waals surface area contributed by atoms with Crippen molar-refractivity contribution in [3.63, 3.8) is 0 Å². The number of nitrogens with zero attached hydrogens (tertiary/aromatic N) is 1. The molecular weight excluding hydrogens is 288 g/mol. The van der Waals surface area contributed by atoms with Gasteiger partial charge in [-0.1, -0.05) is 42.1 Å². The molecule has 4 N–H and O–H groups in total. The van der Waals surface area contributed by atoms with Gasteiger partial charge >= 0.3 is 0 Å². The summed E-state index contributed by atoms with van der Waals surface area (Å²) in [7, 11) is 0. The van der Waals surface area contributed by atoms with Crippen molar-refractivity contribution in [2.75, 3.05) is 11.5 Å². The van der Waals surface area contributed by atoms with Gasteiger partial charge in [0.25, 0.3) is 5.56 Å². The molecule has 2 aromatic rings. The Labute approximate surface area is 126 Å². The van der Waals surface area contributed by atoms with Gasteiger partial charge in [-0.05, 0) is 12.5 Å². The van der Waals surface area contributed by atoms with Crippen molar-refractivity contribution in [2.45, 2.75) is 18.1 Å². The molecule has 0 aliphatic heterocycles. The van der Waals surface area contributed by atoms with Crippen LogP contribution in [0.25, 0.3) is 0 Å². The van der Waals surface area contributed by atoms with Gasteiger partial charge in [0.15, 0.2) is 5.16 Å². The van der Waals surface area contributed by atoms with E-state index in [0.717, 1.165) is 17.3 Å². The van der Waals surface area contributed by atoms with Crippen molar-refractivity contribution in [1.82, 2.24) is 15.3 Å². The van der Waals surface area contributed by atoms with Crippen LogP contribution in [0, 0.1) is 0 Å². The molecule has 0 aliphatic carbocycles. The lowest BCUT2D eigenvalue weighted by atomic mass is 10.1. The van der Waals surface area contributed by atoms with E-state index >= 15 is 0 Å². The number of H-pyrrole nitrogens is 1. The van der Waals surface area contributed by atoms with Gasteiger partial charge in [-0.2, -0.15) is 0 Å². The number of nitrogen functional groups attached to an aromatic ring is 1. The molecule has 0 saturated heterocycles. The number of aromatic nitrogens is 2. The predicted octanol–water partition coefficient (Wildman–Crippen LogP) is 1.32. The summed E-state index contributed by atoms with van der Waals surface area (Å²) in [5.41, 5.74) is 6.18. The second kappa shape index (κ2) is 6.94. The fourth-order valence-electron chi connectivity index (χ4n) is 1.76. The van der Waals surface area contributed by atoms with E-state index in [1.54, 1.807) is 0 Å². The molecule has 0 spiro atoms. The fraction of sp³-hybridized carbons (Fsp3) is 0.214. The first-order valence-corrected chi connectivity index (χ1v) is 7.37. The smallest absolute Gasteiger partial charge is 0.253 e. The molecule has 0 bridgehead atoms. The van der Waals surface area contributed by atoms with E-state index in [0.29, 0.717) is 5.16 Å². The van der Waals surface area contributed by atoms with Gasteiger partial charge in [-0.25, -0.2) is 4.98 Å². The Bertz CT molecular complexity index is 672. The van der Waals surface area contributed by atoms with Gasteiger partial charge < -0.3 is 16.0 Å². The lowest BCUT2D eigenvalue weighted by Gasteiger charge is -2.13. The average Bonchev–Trinajstić information content (AvgIpc) is 2.45. The zero-order chi connectivity index (χ0) is 15.2. The third-order valence-corrected chi connectivity index (χ3v) is 3.63. The van der Waals surface area contributed by atoms with Gasteiger partial charge in [0, 0.05) is 6.07 Å². The molecule has 0 fully saturated rings. The minimum Gasteiger partial charge on any atom is -0.383 e. The fourth-order valence-corrected chi connectivity index (χ4v) is 2.46. The third-order valence-electron chi connectivity index (χ3n) is 2.76. The van der Waals surface area contributed by atoms with E-state index in [9.17, 15) is 9.59 Å². The number of hydrogen-bond acceptors (Lipinski definition) is 5. The predicted molar refractivity (Wildman–Crippen MR) is 83.0 cm³/mol. The number of hydrogen-bond donors (Lipinski definition) is 3. The van der Waals surface area contributed by atoms with Crippen LogP contribution in [0.2, 0.25) is 0 Å². The number of aromatic amines is 1. The minimum atomic E-state index is -0.330. The van der Waals surface area contributed by atoms with Crippen molar-refractivity contribution in [3.8, 4) is 0 Å². The van der Waals surface area contributed by atoms with Crippen LogP contribution in [0.1, 0.15) is 18.5 Å². The molecule has 0 saturated carbocycles. The average molecular weight is 304 g/mol. The molecule has 1 heterocycles. The Morgan fingerprint density at radius 1 is 1.43 bits per heavy atom. The summed E-state index contributed by atoms with van der Waals surface area (Å²) >= 11 is 1.14. The number of carbonyl (C=O) groups excluding carboxylic acids is 1. The van der Waals surface area contributed by atoms with Gasteiger partial charge in [-0.15, -0.1) is 0 Å². The molecule has 1 aromatic heterocycles. The highest BCUT2D eigenvalue weighted by Crippen LogP contribution is 2.14. The quantitative estimate of drug-likeness (QED) is 0.571. The maximum absolute atomic E-state index is 11.9. The van der Waals surface area contributed by atoms with E-state index in [1.165, 1.54) is 6.07 Å². The highest BCUT2D eigenvalue weighted by atomic mass is 32.2. The molecule has 110 valence electrons. The number of rotatable bonds is 5. The summed E-state index contributed by atoms with van der Waals surface area (Å²) in [4.78, 5) is 29.6. The zero-order valence-electron chi connectivity index (χ0n) is 11.5. The van der Waals surface area contributed by atoms with Gasteiger partial charge in [0.05, 0.1) is 11.8 Å². The largest absolute Gasteiger partial charge is 0.383 e. The topological polar surface area (TPSA) is 101 Å². The van der Waals surface area contributed by atoms with Gasteiger partial charge in [0.2, 0.25) is 5.91 Å². The second-order valence-electron chi connectivity index (χ2n) is 4.46. The number of anilines is 1. The normalized spacial score (nSPS) is 11.9. The lowest BCUT2D eigenvalue weighted by molar-refractivity contribution is -0.119. The number of carbonyl (C=O) groups is 1. The van der Waals surface area contributed by atoms with Crippen molar-refractivity contribution in [2.24, 2.45) is 0 Å². The first kappa shape index (κ1) is 15.1. The van der Waals surface area contributed by atoms with Crippen LogP contribution in [0.3, 0.4) is 0 Å². The van der Waals surface area contributed by atoms with Crippen LogP contribution in [-0.4, -0.2) is 21.6 Å². The SMILES string of the molecule is C[C@H](NC(=O)CSc1nc(N)cc(=O)[nH]1)c1ccccc1. The summed E-state index contributed by atoms with van der Waals surface area (Å²) in [6.45, 7) is 1.92. The second-order valence-corrected chi connectivity index (χ2v) is 5.43. The van der Waals surface area contributed by atoms with E-state index in [-0.39, 0.29) is 29.1 Å². The summed E-state index contributed by atoms with van der Waals surface area (Å²) in [6, 6.07) is 10.8. The van der Waals surface area contributed by atoms with E-state index in [2.05, 4.69) is 15.3 Å². The summed E-state index contributed by atoms with van der Waals surface area (Å²) in [5, 5.41) is 3.22. The molecule has 0 unspecified atom stereocenters. The molecule has 21 heavy (non-hydrogen) atoms. The van der Waals surface area contributed by atoms with Crippen molar-refractivity contribution in [3.05, 3.63) is 52.3 Å². The molecule has 0 radical (unpaired) electrons. The first-order chi connectivity index (χ1) is 10.0. The molecule has 1 aromatic carbocycles. The Balaban J connectivity index is 1.89. The number of amides is 1. The first-order valence-electron chi connectivity index (χ1n) is 6.38. The highest BCUT2D eigenvalue weighted by molar-refractivity contribution is 7.99. The zero-order valence-corrected chi connectivity index (χ0v) is 12.3.